The van der Waals surface area contributed by atoms with Crippen molar-refractivity contribution in [1.82, 2.24) is 4.90 Å². The molecule has 3 atom stereocenters. The minimum Gasteiger partial charge on any atom is -0.469 e. The monoisotopic (exact) mass is 588 g/mol. The van der Waals surface area contributed by atoms with Crippen LogP contribution in [0.1, 0.15) is 76.8 Å². The number of carbonyl (C=O) groups excluding carboxylic acids is 2. The van der Waals surface area contributed by atoms with Crippen molar-refractivity contribution >= 4 is 27.6 Å². The molecule has 0 saturated heterocycles. The summed E-state index contributed by atoms with van der Waals surface area (Å²) in [7, 11) is -0.384. The number of nitrogens with one attached hydrogen (secondary N) is 1. The number of hydrogen-bond donors (Lipinski definition) is 1. The fraction of sp³-hybridized carbons (Fsp3) is 0.562. The second-order valence-electron chi connectivity index (χ2n) is 11.3. The lowest BCUT2D eigenvalue weighted by molar-refractivity contribution is -0.157. The van der Waals surface area contributed by atoms with Crippen LogP contribution in [0.5, 0.6) is 0 Å². The highest BCUT2D eigenvalue weighted by molar-refractivity contribution is 7.92. The number of aryl methyl sites for hydroxylation is 1. The van der Waals surface area contributed by atoms with Crippen molar-refractivity contribution in [2.24, 2.45) is 11.3 Å². The van der Waals surface area contributed by atoms with Gasteiger partial charge in [0.25, 0.3) is 10.0 Å². The first-order valence-corrected chi connectivity index (χ1v) is 16.0. The minimum atomic E-state index is -3.76. The van der Waals surface area contributed by atoms with Crippen LogP contribution in [-0.4, -0.2) is 59.1 Å². The molecule has 0 radical (unpaired) electrons. The van der Waals surface area contributed by atoms with Gasteiger partial charge in [-0.2, -0.15) is 0 Å². The zero-order valence-electron chi connectivity index (χ0n) is 25.7. The van der Waals surface area contributed by atoms with Crippen LogP contribution in [0.4, 0.5) is 5.69 Å². The summed E-state index contributed by atoms with van der Waals surface area (Å²) in [5.74, 6) is -1.21. The number of ether oxygens (including phenoxy) is 2. The van der Waals surface area contributed by atoms with E-state index in [0.29, 0.717) is 38.1 Å². The smallest absolute Gasteiger partial charge is 0.311 e. The van der Waals surface area contributed by atoms with Crippen LogP contribution in [0.2, 0.25) is 0 Å². The summed E-state index contributed by atoms with van der Waals surface area (Å²) in [6, 6.07) is 13.9. The Morgan fingerprint density at radius 2 is 1.68 bits per heavy atom. The van der Waals surface area contributed by atoms with E-state index in [1.807, 2.05) is 46.9 Å². The fourth-order valence-electron chi connectivity index (χ4n) is 5.05. The molecule has 0 aliphatic carbocycles. The van der Waals surface area contributed by atoms with Gasteiger partial charge in [0.2, 0.25) is 0 Å². The highest BCUT2D eigenvalue weighted by atomic mass is 32.2. The summed E-state index contributed by atoms with van der Waals surface area (Å²) in [5.41, 5.74) is 1.33. The molecule has 0 heterocycles. The Morgan fingerprint density at radius 3 is 2.27 bits per heavy atom. The number of methoxy groups -OCH3 is 1. The molecule has 2 rings (SSSR count). The standard InChI is InChI=1S/C32H48N2O6S/c1-8-10-19-34(6)20-21-40-30(35)26(9-2)23-32(5,31(36)39-7)22-25(4)27-15-17-28(18-16-27)41(37,38)33-29-14-12-11-13-24(29)3/h11-18,25-26,33H,8-10,19-23H2,1-7H3. The first-order chi connectivity index (χ1) is 19.4. The maximum atomic E-state index is 13.0. The van der Waals surface area contributed by atoms with Gasteiger partial charge in [-0.3, -0.25) is 14.3 Å². The molecule has 0 bridgehead atoms. The third-order valence-electron chi connectivity index (χ3n) is 7.72. The van der Waals surface area contributed by atoms with Gasteiger partial charge in [0.1, 0.15) is 6.61 Å². The van der Waals surface area contributed by atoms with Crippen molar-refractivity contribution in [3.63, 3.8) is 0 Å². The molecule has 2 aromatic rings. The predicted octanol–water partition coefficient (Wildman–Crippen LogP) is 6.16. The van der Waals surface area contributed by atoms with Crippen molar-refractivity contribution < 1.29 is 27.5 Å². The molecule has 2 aromatic carbocycles. The Hall–Kier alpha value is -2.91. The number of esters is 2. The maximum Gasteiger partial charge on any atom is 0.311 e. The van der Waals surface area contributed by atoms with Gasteiger partial charge < -0.3 is 14.4 Å². The van der Waals surface area contributed by atoms with E-state index >= 15 is 0 Å². The minimum absolute atomic E-state index is 0.0964. The molecule has 9 heteroatoms. The van der Waals surface area contributed by atoms with Crippen molar-refractivity contribution in [3.05, 3.63) is 59.7 Å². The Kier molecular flexibility index (Phi) is 13.3. The number of hydrogen-bond acceptors (Lipinski definition) is 7. The van der Waals surface area contributed by atoms with Crippen molar-refractivity contribution in [3.8, 4) is 0 Å². The van der Waals surface area contributed by atoms with Crippen LogP contribution < -0.4 is 4.72 Å². The van der Waals surface area contributed by atoms with E-state index < -0.39 is 21.4 Å². The molecule has 228 valence electrons. The van der Waals surface area contributed by atoms with Crippen LogP contribution in [0, 0.1) is 18.3 Å². The number of rotatable bonds is 17. The molecule has 0 amide bonds. The van der Waals surface area contributed by atoms with Crippen LogP contribution in [0.15, 0.2) is 53.4 Å². The topological polar surface area (TPSA) is 102 Å². The van der Waals surface area contributed by atoms with Gasteiger partial charge in [0, 0.05) is 6.54 Å². The molecule has 1 N–H and O–H groups in total. The van der Waals surface area contributed by atoms with Gasteiger partial charge in [-0.1, -0.05) is 57.5 Å². The second kappa shape index (κ2) is 15.9. The number of unbranched alkanes of at least 4 members (excludes halogenated alkanes) is 1. The molecular formula is C32H48N2O6S. The van der Waals surface area contributed by atoms with Gasteiger partial charge in [-0.25, -0.2) is 8.42 Å². The van der Waals surface area contributed by atoms with Gasteiger partial charge >= 0.3 is 11.9 Å². The van der Waals surface area contributed by atoms with Gasteiger partial charge in [-0.15, -0.1) is 0 Å². The van der Waals surface area contributed by atoms with Crippen molar-refractivity contribution in [2.45, 2.75) is 77.5 Å². The molecule has 3 unspecified atom stereocenters. The van der Waals surface area contributed by atoms with Crippen molar-refractivity contribution in [1.29, 1.82) is 0 Å². The quantitative estimate of drug-likeness (QED) is 0.221. The Morgan fingerprint density at radius 1 is 1.02 bits per heavy atom. The Bertz CT molecular complexity index is 1230. The SMILES string of the molecule is CCCCN(C)CCOC(=O)C(CC)CC(C)(CC(C)c1ccc(S(=O)(=O)Nc2ccccc2C)cc1)C(=O)OC. The summed E-state index contributed by atoms with van der Waals surface area (Å²) in [6.45, 7) is 11.7. The largest absolute Gasteiger partial charge is 0.469 e. The summed E-state index contributed by atoms with van der Waals surface area (Å²) >= 11 is 0. The van der Waals surface area contributed by atoms with Crippen LogP contribution in [0.25, 0.3) is 0 Å². The second-order valence-corrected chi connectivity index (χ2v) is 13.0. The predicted molar refractivity (Wildman–Crippen MR) is 163 cm³/mol. The normalized spacial score (nSPS) is 14.6. The lowest BCUT2D eigenvalue weighted by Crippen LogP contribution is -2.36. The van der Waals surface area contributed by atoms with E-state index in [1.165, 1.54) is 7.11 Å². The molecule has 0 aliphatic heterocycles. The lowest BCUT2D eigenvalue weighted by Gasteiger charge is -2.32. The van der Waals surface area contributed by atoms with E-state index in [4.69, 9.17) is 9.47 Å². The van der Waals surface area contributed by atoms with Crippen LogP contribution in [-0.2, 0) is 29.1 Å². The van der Waals surface area contributed by atoms with Gasteiger partial charge in [0.15, 0.2) is 0 Å². The first-order valence-electron chi connectivity index (χ1n) is 14.5. The van der Waals surface area contributed by atoms with Crippen LogP contribution in [0.3, 0.4) is 0 Å². The van der Waals surface area contributed by atoms with E-state index in [0.717, 1.165) is 30.5 Å². The molecule has 0 aliphatic rings. The third-order valence-corrected chi connectivity index (χ3v) is 9.10. The number of carbonyl (C=O) groups is 2. The van der Waals surface area contributed by atoms with Crippen molar-refractivity contribution in [2.75, 3.05) is 38.6 Å². The average Bonchev–Trinajstić information content (AvgIpc) is 2.95. The van der Waals surface area contributed by atoms with E-state index in [2.05, 4.69) is 16.5 Å². The molecule has 0 spiro atoms. The molecule has 0 saturated carbocycles. The highest BCUT2D eigenvalue weighted by Gasteiger charge is 2.40. The Labute approximate surface area is 246 Å². The van der Waals surface area contributed by atoms with Gasteiger partial charge in [0.05, 0.1) is 29.0 Å². The van der Waals surface area contributed by atoms with E-state index in [1.54, 1.807) is 36.4 Å². The average molecular weight is 589 g/mol. The molecule has 8 nitrogen and oxygen atoms in total. The van der Waals surface area contributed by atoms with E-state index in [-0.39, 0.29) is 22.8 Å². The molecule has 0 aromatic heterocycles. The third kappa shape index (κ3) is 10.1. The molecule has 0 fully saturated rings. The highest BCUT2D eigenvalue weighted by Crippen LogP contribution is 2.39. The molecular weight excluding hydrogens is 540 g/mol. The number of likely N-dealkylation sites (N-methyl/N-ethyl adjacent to an activating group) is 1. The fourth-order valence-corrected chi connectivity index (χ4v) is 6.19. The number of para-hydroxylation sites is 1. The van der Waals surface area contributed by atoms with Gasteiger partial charge in [-0.05, 0) is 88.4 Å². The summed E-state index contributed by atoms with van der Waals surface area (Å²) in [5, 5.41) is 0. The number of sulfonamides is 1. The number of benzene rings is 2. The lowest BCUT2D eigenvalue weighted by atomic mass is 9.73. The zero-order chi connectivity index (χ0) is 30.6. The van der Waals surface area contributed by atoms with E-state index in [9.17, 15) is 18.0 Å². The summed E-state index contributed by atoms with van der Waals surface area (Å²) in [6.07, 6.45) is 3.49. The zero-order valence-corrected chi connectivity index (χ0v) is 26.6. The number of anilines is 1. The summed E-state index contributed by atoms with van der Waals surface area (Å²) in [4.78, 5) is 28.2. The summed E-state index contributed by atoms with van der Waals surface area (Å²) < 4.78 is 39.3. The Balaban J connectivity index is 2.10. The van der Waals surface area contributed by atoms with Crippen LogP contribution >= 0.6 is 0 Å². The number of nitrogens with zero attached hydrogens (tertiary/aromatic N) is 1. The maximum absolute atomic E-state index is 13.0. The first kappa shape index (κ1) is 34.3. The molecule has 41 heavy (non-hydrogen) atoms.